The number of hydrogen-bond donors (Lipinski definition) is 2. The molecule has 18 heavy (non-hydrogen) atoms. The fourth-order valence-electron chi connectivity index (χ4n) is 1.52. The number of rotatable bonds is 4. The van der Waals surface area contributed by atoms with Gasteiger partial charge in [-0.3, -0.25) is 4.79 Å². The first-order valence-corrected chi connectivity index (χ1v) is 5.60. The zero-order chi connectivity index (χ0) is 13.0. The van der Waals surface area contributed by atoms with Crippen LogP contribution < -0.4 is 10.6 Å². The van der Waals surface area contributed by atoms with Gasteiger partial charge in [0, 0.05) is 26.5 Å². The molecule has 6 nitrogen and oxygen atoms in total. The largest absolute Gasteiger partial charge is 0.373 e. The Morgan fingerprint density at radius 2 is 2.28 bits per heavy atom. The van der Waals surface area contributed by atoms with Crippen molar-refractivity contribution in [3.05, 3.63) is 42.1 Å². The van der Waals surface area contributed by atoms with Gasteiger partial charge < -0.3 is 15.2 Å². The summed E-state index contributed by atoms with van der Waals surface area (Å²) in [5, 5.41) is 5.67. The summed E-state index contributed by atoms with van der Waals surface area (Å²) in [4.78, 5) is 20.2. The predicted octanol–water partition coefficient (Wildman–Crippen LogP) is 0.787. The van der Waals surface area contributed by atoms with Gasteiger partial charge in [-0.1, -0.05) is 6.07 Å². The normalized spacial score (nSPS) is 10.1. The predicted molar refractivity (Wildman–Crippen MR) is 68.2 cm³/mol. The molecule has 1 amide bonds. The number of carbonyl (C=O) groups excluding carboxylic acids is 1. The van der Waals surface area contributed by atoms with E-state index in [0.717, 1.165) is 5.82 Å². The molecule has 0 saturated carbocycles. The molecular weight excluding hydrogens is 230 g/mol. The molecule has 2 heterocycles. The van der Waals surface area contributed by atoms with Crippen LogP contribution in [-0.4, -0.2) is 27.5 Å². The summed E-state index contributed by atoms with van der Waals surface area (Å²) in [6, 6.07) is 5.26. The molecular formula is C12H15N5O. The van der Waals surface area contributed by atoms with E-state index in [9.17, 15) is 4.79 Å². The van der Waals surface area contributed by atoms with Crippen LogP contribution in [-0.2, 0) is 13.6 Å². The highest BCUT2D eigenvalue weighted by Crippen LogP contribution is 2.04. The molecule has 0 radical (unpaired) electrons. The number of aryl methyl sites for hydroxylation is 1. The third-order valence-corrected chi connectivity index (χ3v) is 2.57. The summed E-state index contributed by atoms with van der Waals surface area (Å²) in [7, 11) is 3.65. The van der Waals surface area contributed by atoms with Crippen LogP contribution in [0.3, 0.4) is 0 Å². The molecule has 0 spiro atoms. The molecule has 6 heteroatoms. The van der Waals surface area contributed by atoms with E-state index < -0.39 is 0 Å². The Hall–Kier alpha value is -2.37. The Morgan fingerprint density at radius 1 is 1.44 bits per heavy atom. The summed E-state index contributed by atoms with van der Waals surface area (Å²) >= 11 is 0. The second-order valence-corrected chi connectivity index (χ2v) is 3.80. The Bertz CT molecular complexity index is 549. The number of anilines is 1. The van der Waals surface area contributed by atoms with Gasteiger partial charge in [-0.15, -0.1) is 0 Å². The molecule has 0 aliphatic rings. The molecule has 94 valence electrons. The maximum atomic E-state index is 11.9. The average molecular weight is 245 g/mol. The summed E-state index contributed by atoms with van der Waals surface area (Å²) in [6.45, 7) is 0.383. The molecule has 0 aliphatic carbocycles. The fourth-order valence-corrected chi connectivity index (χ4v) is 1.52. The van der Waals surface area contributed by atoms with E-state index in [1.54, 1.807) is 31.4 Å². The van der Waals surface area contributed by atoms with Crippen LogP contribution in [0, 0.1) is 0 Å². The molecule has 0 aliphatic heterocycles. The van der Waals surface area contributed by atoms with E-state index in [0.29, 0.717) is 18.1 Å². The standard InChI is InChI=1S/C12H15N5O/c1-13-10-5-3-4-9(16-10)12(18)15-8-11-14-6-7-17(11)2/h3-7H,8H2,1-2H3,(H,13,16)(H,15,18). The molecule has 0 bridgehead atoms. The SMILES string of the molecule is CNc1cccc(C(=O)NCc2nccn2C)n1. The van der Waals surface area contributed by atoms with Crippen molar-refractivity contribution in [1.29, 1.82) is 0 Å². The summed E-state index contributed by atoms with van der Waals surface area (Å²) in [5.74, 6) is 1.25. The van der Waals surface area contributed by atoms with Crippen LogP contribution in [0.5, 0.6) is 0 Å². The van der Waals surface area contributed by atoms with E-state index in [-0.39, 0.29) is 5.91 Å². The Balaban J connectivity index is 2.01. The topological polar surface area (TPSA) is 71.8 Å². The van der Waals surface area contributed by atoms with Gasteiger partial charge in [-0.05, 0) is 12.1 Å². The van der Waals surface area contributed by atoms with Crippen LogP contribution in [0.15, 0.2) is 30.6 Å². The molecule has 2 aromatic heterocycles. The third-order valence-electron chi connectivity index (χ3n) is 2.57. The van der Waals surface area contributed by atoms with Gasteiger partial charge in [0.2, 0.25) is 0 Å². The minimum atomic E-state index is -0.213. The quantitative estimate of drug-likeness (QED) is 0.835. The van der Waals surface area contributed by atoms with Crippen LogP contribution in [0.2, 0.25) is 0 Å². The summed E-state index contributed by atoms with van der Waals surface area (Å²) in [5.41, 5.74) is 0.385. The summed E-state index contributed by atoms with van der Waals surface area (Å²) in [6.07, 6.45) is 3.53. The Labute approximate surface area is 105 Å². The molecule has 0 unspecified atom stereocenters. The molecule has 0 fully saturated rings. The van der Waals surface area contributed by atoms with Crippen LogP contribution >= 0.6 is 0 Å². The zero-order valence-corrected chi connectivity index (χ0v) is 10.3. The highest BCUT2D eigenvalue weighted by Gasteiger charge is 2.08. The van der Waals surface area contributed by atoms with Gasteiger partial charge >= 0.3 is 0 Å². The number of carbonyl (C=O) groups is 1. The number of pyridine rings is 1. The second kappa shape index (κ2) is 5.31. The fraction of sp³-hybridized carbons (Fsp3) is 0.250. The van der Waals surface area contributed by atoms with Crippen molar-refractivity contribution < 1.29 is 4.79 Å². The Kier molecular flexibility index (Phi) is 3.57. The highest BCUT2D eigenvalue weighted by molar-refractivity contribution is 5.92. The van der Waals surface area contributed by atoms with E-state index in [4.69, 9.17) is 0 Å². The van der Waals surface area contributed by atoms with E-state index in [1.807, 2.05) is 17.8 Å². The minimum absolute atomic E-state index is 0.213. The minimum Gasteiger partial charge on any atom is -0.373 e. The van der Waals surface area contributed by atoms with Crippen molar-refractivity contribution >= 4 is 11.7 Å². The third kappa shape index (κ3) is 2.65. The molecule has 2 aromatic rings. The van der Waals surface area contributed by atoms with Gasteiger partial charge in [-0.25, -0.2) is 9.97 Å². The first-order valence-electron chi connectivity index (χ1n) is 5.60. The molecule has 0 aromatic carbocycles. The lowest BCUT2D eigenvalue weighted by atomic mass is 10.3. The lowest BCUT2D eigenvalue weighted by Gasteiger charge is -2.06. The average Bonchev–Trinajstić information content (AvgIpc) is 2.81. The second-order valence-electron chi connectivity index (χ2n) is 3.80. The number of imidazole rings is 1. The lowest BCUT2D eigenvalue weighted by Crippen LogP contribution is -2.25. The van der Waals surface area contributed by atoms with Gasteiger partial charge in [0.15, 0.2) is 0 Å². The van der Waals surface area contributed by atoms with Crippen LogP contribution in [0.1, 0.15) is 16.3 Å². The molecule has 0 atom stereocenters. The first-order chi connectivity index (χ1) is 8.70. The number of nitrogens with zero attached hydrogens (tertiary/aromatic N) is 3. The maximum absolute atomic E-state index is 11.9. The Morgan fingerprint density at radius 3 is 2.94 bits per heavy atom. The van der Waals surface area contributed by atoms with Crippen molar-refractivity contribution in [3.63, 3.8) is 0 Å². The maximum Gasteiger partial charge on any atom is 0.270 e. The van der Waals surface area contributed by atoms with Crippen molar-refractivity contribution in [2.24, 2.45) is 7.05 Å². The van der Waals surface area contributed by atoms with Crippen LogP contribution in [0.25, 0.3) is 0 Å². The van der Waals surface area contributed by atoms with Gasteiger partial charge in [0.1, 0.15) is 17.3 Å². The lowest BCUT2D eigenvalue weighted by molar-refractivity contribution is 0.0945. The highest BCUT2D eigenvalue weighted by atomic mass is 16.1. The van der Waals surface area contributed by atoms with Gasteiger partial charge in [0.25, 0.3) is 5.91 Å². The monoisotopic (exact) mass is 245 g/mol. The van der Waals surface area contributed by atoms with E-state index in [1.165, 1.54) is 0 Å². The number of nitrogens with one attached hydrogen (secondary N) is 2. The van der Waals surface area contributed by atoms with Gasteiger partial charge in [0.05, 0.1) is 6.54 Å². The van der Waals surface area contributed by atoms with Crippen molar-refractivity contribution in [3.8, 4) is 0 Å². The van der Waals surface area contributed by atoms with Crippen LogP contribution in [0.4, 0.5) is 5.82 Å². The van der Waals surface area contributed by atoms with Gasteiger partial charge in [-0.2, -0.15) is 0 Å². The smallest absolute Gasteiger partial charge is 0.270 e. The van der Waals surface area contributed by atoms with Crippen molar-refractivity contribution in [1.82, 2.24) is 19.9 Å². The van der Waals surface area contributed by atoms with Crippen molar-refractivity contribution in [2.45, 2.75) is 6.54 Å². The van der Waals surface area contributed by atoms with Crippen molar-refractivity contribution in [2.75, 3.05) is 12.4 Å². The van der Waals surface area contributed by atoms with E-state index in [2.05, 4.69) is 20.6 Å². The number of amides is 1. The molecule has 0 saturated heterocycles. The molecule has 2 N–H and O–H groups in total. The summed E-state index contributed by atoms with van der Waals surface area (Å²) < 4.78 is 1.86. The molecule has 2 rings (SSSR count). The van der Waals surface area contributed by atoms with E-state index >= 15 is 0 Å². The zero-order valence-electron chi connectivity index (χ0n) is 10.3. The number of aromatic nitrogens is 3. The number of hydrogen-bond acceptors (Lipinski definition) is 4. The first kappa shape index (κ1) is 12.1.